The number of rotatable bonds is 6. The van der Waals surface area contributed by atoms with Gasteiger partial charge in [-0.05, 0) is 42.6 Å². The maximum atomic E-state index is 12.7. The molecule has 146 valence electrons. The van der Waals surface area contributed by atoms with Gasteiger partial charge in [0.25, 0.3) is 0 Å². The Kier molecular flexibility index (Phi) is 5.44. The van der Waals surface area contributed by atoms with Gasteiger partial charge in [0.05, 0.1) is 18.6 Å². The summed E-state index contributed by atoms with van der Waals surface area (Å²) < 4.78 is 16.7. The molecular weight excluding hydrogens is 388 g/mol. The van der Waals surface area contributed by atoms with Crippen LogP contribution in [0.4, 0.5) is 0 Å². The van der Waals surface area contributed by atoms with E-state index in [0.717, 1.165) is 10.4 Å². The smallest absolute Gasteiger partial charge is 0.316 e. The first-order chi connectivity index (χ1) is 14.1. The number of allylic oxidation sites excluding steroid dienone is 1. The van der Waals surface area contributed by atoms with E-state index in [9.17, 15) is 9.59 Å². The zero-order valence-corrected chi connectivity index (χ0v) is 16.5. The van der Waals surface area contributed by atoms with Crippen LogP contribution >= 0.6 is 11.3 Å². The first-order valence-electron chi connectivity index (χ1n) is 9.17. The third-order valence-electron chi connectivity index (χ3n) is 4.28. The van der Waals surface area contributed by atoms with Crippen LogP contribution in [-0.2, 0) is 11.2 Å². The summed E-state index contributed by atoms with van der Waals surface area (Å²) in [6.07, 6.45) is 1.86. The predicted molar refractivity (Wildman–Crippen MR) is 111 cm³/mol. The van der Waals surface area contributed by atoms with Crippen molar-refractivity contribution in [1.29, 1.82) is 0 Å². The summed E-state index contributed by atoms with van der Waals surface area (Å²) in [4.78, 5) is 25.7. The number of Topliss-reactive ketones (excluding diaryl/α,β-unsaturated/α-hetero) is 1. The van der Waals surface area contributed by atoms with E-state index in [1.165, 1.54) is 11.3 Å². The van der Waals surface area contributed by atoms with Crippen molar-refractivity contribution < 1.29 is 23.8 Å². The van der Waals surface area contributed by atoms with E-state index < -0.39 is 0 Å². The zero-order chi connectivity index (χ0) is 20.2. The molecule has 0 spiro atoms. The molecular formula is C23H18O5S. The third-order valence-corrected chi connectivity index (χ3v) is 5.15. The summed E-state index contributed by atoms with van der Waals surface area (Å²) in [6, 6.07) is 16.0. The lowest BCUT2D eigenvalue weighted by Gasteiger charge is -2.07. The van der Waals surface area contributed by atoms with Gasteiger partial charge in [0.15, 0.2) is 5.76 Å². The Morgan fingerprint density at radius 3 is 2.79 bits per heavy atom. The van der Waals surface area contributed by atoms with Crippen LogP contribution in [0.2, 0.25) is 0 Å². The molecule has 0 bridgehead atoms. The molecule has 0 amide bonds. The highest BCUT2D eigenvalue weighted by Gasteiger charge is 2.28. The number of fused-ring (bicyclic) bond motifs is 1. The van der Waals surface area contributed by atoms with E-state index in [4.69, 9.17) is 14.2 Å². The Bertz CT molecular complexity index is 1080. The van der Waals surface area contributed by atoms with Crippen molar-refractivity contribution in [2.75, 3.05) is 6.61 Å². The van der Waals surface area contributed by atoms with Gasteiger partial charge in [0, 0.05) is 16.5 Å². The number of carbonyl (C=O) groups excluding carboxylic acids is 2. The van der Waals surface area contributed by atoms with Gasteiger partial charge < -0.3 is 14.2 Å². The van der Waals surface area contributed by atoms with E-state index in [-0.39, 0.29) is 23.9 Å². The minimum atomic E-state index is -0.363. The normalized spacial score (nSPS) is 13.8. The molecule has 0 N–H and O–H groups in total. The molecule has 29 heavy (non-hydrogen) atoms. The van der Waals surface area contributed by atoms with Crippen LogP contribution < -0.4 is 14.2 Å². The number of ketones is 1. The molecule has 0 saturated heterocycles. The highest BCUT2D eigenvalue weighted by molar-refractivity contribution is 7.10. The molecule has 0 saturated carbocycles. The van der Waals surface area contributed by atoms with Crippen molar-refractivity contribution >= 4 is 29.2 Å². The van der Waals surface area contributed by atoms with E-state index in [2.05, 4.69) is 0 Å². The topological polar surface area (TPSA) is 61.8 Å². The Morgan fingerprint density at radius 2 is 2.00 bits per heavy atom. The Hall–Kier alpha value is -3.38. The van der Waals surface area contributed by atoms with E-state index in [1.807, 2.05) is 48.7 Å². The fraction of sp³-hybridized carbons (Fsp3) is 0.130. The quantitative estimate of drug-likeness (QED) is 0.331. The van der Waals surface area contributed by atoms with Gasteiger partial charge in [-0.15, -0.1) is 11.3 Å². The molecule has 1 aliphatic rings. The summed E-state index contributed by atoms with van der Waals surface area (Å²) in [6.45, 7) is 2.42. The molecule has 4 rings (SSSR count). The Balaban J connectivity index is 1.52. The van der Waals surface area contributed by atoms with Crippen molar-refractivity contribution in [2.45, 2.75) is 13.3 Å². The molecule has 6 heteroatoms. The number of thiophene rings is 1. The maximum Gasteiger partial charge on any atom is 0.316 e. The summed E-state index contributed by atoms with van der Waals surface area (Å²) in [5.41, 5.74) is 1.19. The number of benzene rings is 2. The zero-order valence-electron chi connectivity index (χ0n) is 15.7. The highest BCUT2D eigenvalue weighted by Crippen LogP contribution is 2.35. The molecule has 3 aromatic rings. The van der Waals surface area contributed by atoms with E-state index in [1.54, 1.807) is 24.3 Å². The minimum absolute atomic E-state index is 0.202. The molecule has 0 unspecified atom stereocenters. The molecule has 2 aromatic carbocycles. The molecule has 0 fully saturated rings. The molecule has 1 aromatic heterocycles. The monoisotopic (exact) mass is 406 g/mol. The maximum absolute atomic E-state index is 12.7. The van der Waals surface area contributed by atoms with Crippen molar-refractivity contribution in [1.82, 2.24) is 0 Å². The van der Waals surface area contributed by atoms with Gasteiger partial charge in [0.1, 0.15) is 17.2 Å². The number of carbonyl (C=O) groups is 2. The number of esters is 1. The van der Waals surface area contributed by atoms with Gasteiger partial charge in [0.2, 0.25) is 5.78 Å². The molecule has 0 radical (unpaired) electrons. The van der Waals surface area contributed by atoms with Crippen LogP contribution in [-0.4, -0.2) is 18.4 Å². The van der Waals surface area contributed by atoms with Crippen LogP contribution in [0.25, 0.3) is 6.08 Å². The molecule has 5 nitrogen and oxygen atoms in total. The lowest BCUT2D eigenvalue weighted by atomic mass is 10.1. The molecule has 2 heterocycles. The van der Waals surface area contributed by atoms with Crippen LogP contribution in [0, 0.1) is 0 Å². The molecule has 1 aliphatic heterocycles. The van der Waals surface area contributed by atoms with E-state index >= 15 is 0 Å². The van der Waals surface area contributed by atoms with Gasteiger partial charge in [-0.1, -0.05) is 24.3 Å². The fourth-order valence-corrected chi connectivity index (χ4v) is 3.67. The second-order valence-electron chi connectivity index (χ2n) is 6.30. The van der Waals surface area contributed by atoms with Crippen LogP contribution in [0.5, 0.6) is 17.2 Å². The standard InChI is InChI=1S/C23H18O5S/c1-2-26-19-8-4-3-6-15(19)12-21-23(25)18-10-9-16(13-20(18)28-21)27-22(24)14-17-7-5-11-29-17/h3-13H,2,14H2,1H3/b21-12-. The summed E-state index contributed by atoms with van der Waals surface area (Å²) in [7, 11) is 0. The third kappa shape index (κ3) is 4.22. The summed E-state index contributed by atoms with van der Waals surface area (Å²) in [5, 5.41) is 1.91. The number of hydrogen-bond donors (Lipinski definition) is 0. The minimum Gasteiger partial charge on any atom is -0.493 e. The lowest BCUT2D eigenvalue weighted by molar-refractivity contribution is -0.133. The SMILES string of the molecule is CCOc1ccccc1/C=C1\Oc2cc(OC(=O)Cc3cccs3)ccc2C1=O. The number of para-hydroxylation sites is 1. The second-order valence-corrected chi connectivity index (χ2v) is 7.33. The van der Waals surface area contributed by atoms with Crippen LogP contribution in [0.15, 0.2) is 65.7 Å². The lowest BCUT2D eigenvalue weighted by Crippen LogP contribution is -2.10. The Morgan fingerprint density at radius 1 is 1.14 bits per heavy atom. The van der Waals surface area contributed by atoms with Crippen LogP contribution in [0.1, 0.15) is 27.7 Å². The van der Waals surface area contributed by atoms with Gasteiger partial charge in [-0.25, -0.2) is 0 Å². The molecule has 0 aliphatic carbocycles. The molecule has 0 atom stereocenters. The van der Waals surface area contributed by atoms with E-state index in [0.29, 0.717) is 29.4 Å². The Labute approximate surface area is 172 Å². The highest BCUT2D eigenvalue weighted by atomic mass is 32.1. The van der Waals surface area contributed by atoms with Crippen molar-refractivity contribution in [3.05, 3.63) is 81.7 Å². The number of hydrogen-bond acceptors (Lipinski definition) is 6. The summed E-state index contributed by atoms with van der Waals surface area (Å²) in [5.74, 6) is 1.01. The van der Waals surface area contributed by atoms with Crippen molar-refractivity contribution in [3.63, 3.8) is 0 Å². The van der Waals surface area contributed by atoms with Crippen molar-refractivity contribution in [3.8, 4) is 17.2 Å². The first kappa shape index (κ1) is 19.0. The number of ether oxygens (including phenoxy) is 3. The van der Waals surface area contributed by atoms with Gasteiger partial charge in [-0.3, -0.25) is 9.59 Å². The second kappa shape index (κ2) is 8.32. The van der Waals surface area contributed by atoms with Crippen molar-refractivity contribution in [2.24, 2.45) is 0 Å². The fourth-order valence-electron chi connectivity index (χ4n) is 2.98. The first-order valence-corrected chi connectivity index (χ1v) is 10.0. The van der Waals surface area contributed by atoms with Gasteiger partial charge in [-0.2, -0.15) is 0 Å². The van der Waals surface area contributed by atoms with Crippen LogP contribution in [0.3, 0.4) is 0 Å². The average Bonchev–Trinajstić information content (AvgIpc) is 3.32. The van der Waals surface area contributed by atoms with Gasteiger partial charge >= 0.3 is 5.97 Å². The largest absolute Gasteiger partial charge is 0.493 e. The summed E-state index contributed by atoms with van der Waals surface area (Å²) >= 11 is 1.50. The predicted octanol–water partition coefficient (Wildman–Crippen LogP) is 4.91. The average molecular weight is 406 g/mol.